The predicted molar refractivity (Wildman–Crippen MR) is 71.8 cm³/mol. The lowest BCUT2D eigenvalue weighted by Gasteiger charge is -2.15. The highest BCUT2D eigenvalue weighted by atomic mass is 35.5. The van der Waals surface area contributed by atoms with Gasteiger partial charge in [-0.2, -0.15) is 0 Å². The van der Waals surface area contributed by atoms with Gasteiger partial charge in [-0.15, -0.1) is 11.6 Å². The van der Waals surface area contributed by atoms with Crippen molar-refractivity contribution in [3.05, 3.63) is 35.4 Å². The molecule has 102 valence electrons. The Balaban J connectivity index is 2.41. The van der Waals surface area contributed by atoms with Gasteiger partial charge in [0.15, 0.2) is 0 Å². The minimum absolute atomic E-state index is 0.353. The van der Waals surface area contributed by atoms with Crippen LogP contribution in [0.3, 0.4) is 0 Å². The van der Waals surface area contributed by atoms with E-state index in [9.17, 15) is 8.78 Å². The first kappa shape index (κ1) is 15.4. The van der Waals surface area contributed by atoms with Gasteiger partial charge in [0.05, 0.1) is 0 Å². The van der Waals surface area contributed by atoms with Crippen molar-refractivity contribution in [2.24, 2.45) is 5.92 Å². The summed E-state index contributed by atoms with van der Waals surface area (Å²) in [5.74, 6) is 0.372. The van der Waals surface area contributed by atoms with E-state index in [4.69, 9.17) is 11.6 Å². The second kappa shape index (κ2) is 8.44. The summed E-state index contributed by atoms with van der Waals surface area (Å²) < 4.78 is 26.3. The van der Waals surface area contributed by atoms with Crippen LogP contribution in [0.4, 0.5) is 8.78 Å². The highest BCUT2D eigenvalue weighted by molar-refractivity contribution is 6.17. The van der Waals surface area contributed by atoms with Gasteiger partial charge in [0.25, 0.3) is 0 Å². The summed E-state index contributed by atoms with van der Waals surface area (Å²) in [6, 6.07) is 3.53. The zero-order valence-corrected chi connectivity index (χ0v) is 11.4. The second-order valence-corrected chi connectivity index (χ2v) is 4.88. The van der Waals surface area contributed by atoms with Crippen molar-refractivity contribution in [3.8, 4) is 0 Å². The molecular formula is C14H20ClF2N. The first-order valence-corrected chi connectivity index (χ1v) is 6.91. The van der Waals surface area contributed by atoms with Crippen LogP contribution >= 0.6 is 11.6 Å². The van der Waals surface area contributed by atoms with E-state index in [0.717, 1.165) is 37.9 Å². The first-order valence-electron chi connectivity index (χ1n) is 6.38. The number of benzene rings is 1. The van der Waals surface area contributed by atoms with Gasteiger partial charge in [0.1, 0.15) is 11.6 Å². The maximum Gasteiger partial charge on any atom is 0.127 e. The van der Waals surface area contributed by atoms with Gasteiger partial charge < -0.3 is 5.32 Å². The quantitative estimate of drug-likeness (QED) is 0.705. The fourth-order valence-electron chi connectivity index (χ4n) is 2.00. The minimum Gasteiger partial charge on any atom is -0.312 e. The van der Waals surface area contributed by atoms with Crippen LogP contribution in [-0.2, 0) is 6.54 Å². The maximum absolute atomic E-state index is 13.4. The van der Waals surface area contributed by atoms with Crippen LogP contribution < -0.4 is 5.32 Å². The summed E-state index contributed by atoms with van der Waals surface area (Å²) in [7, 11) is 0. The number of halogens is 3. The Labute approximate surface area is 113 Å². The van der Waals surface area contributed by atoms with E-state index < -0.39 is 5.82 Å². The number of nitrogens with one attached hydrogen (secondary N) is 1. The Morgan fingerprint density at radius 3 is 2.72 bits per heavy atom. The Morgan fingerprint density at radius 1 is 1.28 bits per heavy atom. The van der Waals surface area contributed by atoms with Crippen LogP contribution in [0.5, 0.6) is 0 Å². The molecule has 1 N–H and O–H groups in total. The highest BCUT2D eigenvalue weighted by Crippen LogP contribution is 2.13. The van der Waals surface area contributed by atoms with E-state index in [1.807, 2.05) is 0 Å². The van der Waals surface area contributed by atoms with Gasteiger partial charge in [-0.1, -0.05) is 13.3 Å². The Bertz CT molecular complexity index is 352. The molecule has 0 amide bonds. The lowest BCUT2D eigenvalue weighted by atomic mass is 10.0. The summed E-state index contributed by atoms with van der Waals surface area (Å²) in [4.78, 5) is 0. The SMILES string of the molecule is CCCC(CCCl)CNCc1cc(F)ccc1F. The molecule has 0 saturated heterocycles. The van der Waals surface area contributed by atoms with E-state index in [1.54, 1.807) is 0 Å². The van der Waals surface area contributed by atoms with Crippen LogP contribution in [0.25, 0.3) is 0 Å². The normalized spacial score (nSPS) is 12.7. The van der Waals surface area contributed by atoms with Gasteiger partial charge in [-0.3, -0.25) is 0 Å². The van der Waals surface area contributed by atoms with Gasteiger partial charge in [0, 0.05) is 18.0 Å². The van der Waals surface area contributed by atoms with E-state index in [1.165, 1.54) is 6.07 Å². The van der Waals surface area contributed by atoms with E-state index in [2.05, 4.69) is 12.2 Å². The molecule has 0 bridgehead atoms. The molecule has 1 unspecified atom stereocenters. The van der Waals surface area contributed by atoms with E-state index in [0.29, 0.717) is 23.9 Å². The van der Waals surface area contributed by atoms with Crippen molar-refractivity contribution < 1.29 is 8.78 Å². The van der Waals surface area contributed by atoms with Crippen LogP contribution in [-0.4, -0.2) is 12.4 Å². The predicted octanol–water partition coefficient (Wildman–Crippen LogP) is 4.10. The fraction of sp³-hybridized carbons (Fsp3) is 0.571. The van der Waals surface area contributed by atoms with Crippen LogP contribution in [0.2, 0.25) is 0 Å². The Hall–Kier alpha value is -0.670. The van der Waals surface area contributed by atoms with Crippen molar-refractivity contribution in [1.29, 1.82) is 0 Å². The Morgan fingerprint density at radius 2 is 2.06 bits per heavy atom. The van der Waals surface area contributed by atoms with Gasteiger partial charge >= 0.3 is 0 Å². The van der Waals surface area contributed by atoms with Crippen LogP contribution in [0, 0.1) is 17.6 Å². The summed E-state index contributed by atoms with van der Waals surface area (Å²) in [6.07, 6.45) is 3.16. The number of hydrogen-bond acceptors (Lipinski definition) is 1. The molecule has 1 aromatic carbocycles. The van der Waals surface area contributed by atoms with Crippen LogP contribution in [0.1, 0.15) is 31.7 Å². The summed E-state index contributed by atoms with van der Waals surface area (Å²) in [6.45, 7) is 3.27. The third-order valence-electron chi connectivity index (χ3n) is 2.97. The summed E-state index contributed by atoms with van der Waals surface area (Å²) in [5, 5.41) is 3.17. The third kappa shape index (κ3) is 5.32. The van der Waals surface area contributed by atoms with Crippen molar-refractivity contribution in [2.75, 3.05) is 12.4 Å². The van der Waals surface area contributed by atoms with Gasteiger partial charge in [0.2, 0.25) is 0 Å². The average Bonchev–Trinajstić information content (AvgIpc) is 2.34. The van der Waals surface area contributed by atoms with Crippen LogP contribution in [0.15, 0.2) is 18.2 Å². The minimum atomic E-state index is -0.404. The smallest absolute Gasteiger partial charge is 0.127 e. The number of alkyl halides is 1. The summed E-state index contributed by atoms with van der Waals surface area (Å²) in [5.41, 5.74) is 0.371. The molecule has 1 nitrogen and oxygen atoms in total. The summed E-state index contributed by atoms with van der Waals surface area (Å²) >= 11 is 5.74. The molecule has 0 aliphatic carbocycles. The lowest BCUT2D eigenvalue weighted by Crippen LogP contribution is -2.23. The average molecular weight is 276 g/mol. The largest absolute Gasteiger partial charge is 0.312 e. The molecule has 1 atom stereocenters. The molecule has 18 heavy (non-hydrogen) atoms. The number of rotatable bonds is 8. The first-order chi connectivity index (χ1) is 8.67. The molecule has 1 aromatic rings. The molecule has 0 aliphatic heterocycles. The van der Waals surface area contributed by atoms with Crippen molar-refractivity contribution in [1.82, 2.24) is 5.32 Å². The molecule has 0 heterocycles. The zero-order valence-electron chi connectivity index (χ0n) is 10.7. The molecule has 0 aliphatic rings. The molecule has 0 radical (unpaired) electrons. The molecule has 1 rings (SSSR count). The maximum atomic E-state index is 13.4. The number of hydrogen-bond donors (Lipinski definition) is 1. The molecule has 0 aromatic heterocycles. The lowest BCUT2D eigenvalue weighted by molar-refractivity contribution is 0.427. The van der Waals surface area contributed by atoms with E-state index in [-0.39, 0.29) is 5.82 Å². The Kier molecular flexibility index (Phi) is 7.21. The van der Waals surface area contributed by atoms with E-state index >= 15 is 0 Å². The molecule has 0 saturated carbocycles. The molecule has 4 heteroatoms. The highest BCUT2D eigenvalue weighted by Gasteiger charge is 2.08. The van der Waals surface area contributed by atoms with Crippen molar-refractivity contribution >= 4 is 11.6 Å². The second-order valence-electron chi connectivity index (χ2n) is 4.50. The van der Waals surface area contributed by atoms with Gasteiger partial charge in [-0.05, 0) is 43.5 Å². The third-order valence-corrected chi connectivity index (χ3v) is 3.19. The topological polar surface area (TPSA) is 12.0 Å². The van der Waals surface area contributed by atoms with Crippen molar-refractivity contribution in [2.45, 2.75) is 32.7 Å². The monoisotopic (exact) mass is 275 g/mol. The molecular weight excluding hydrogens is 256 g/mol. The molecule has 0 spiro atoms. The van der Waals surface area contributed by atoms with Gasteiger partial charge in [-0.25, -0.2) is 8.78 Å². The molecule has 0 fully saturated rings. The van der Waals surface area contributed by atoms with Crippen molar-refractivity contribution in [3.63, 3.8) is 0 Å². The zero-order chi connectivity index (χ0) is 13.4. The fourth-order valence-corrected chi connectivity index (χ4v) is 2.31. The standard InChI is InChI=1S/C14H20ClF2N/c1-2-3-11(6-7-15)9-18-10-12-8-13(16)4-5-14(12)17/h4-5,8,11,18H,2-3,6-7,9-10H2,1H3.